The van der Waals surface area contributed by atoms with E-state index >= 15 is 0 Å². The Labute approximate surface area is 154 Å². The van der Waals surface area contributed by atoms with Crippen LogP contribution in [0.4, 0.5) is 0 Å². The normalized spacial score (nSPS) is 11.1. The Bertz CT molecular complexity index is 1010. The molecule has 0 unspecified atom stereocenters. The highest BCUT2D eigenvalue weighted by Crippen LogP contribution is 2.21. The largest absolute Gasteiger partial charge is 0.492 e. The molecule has 3 aromatic rings. The van der Waals surface area contributed by atoms with Crippen LogP contribution in [0.1, 0.15) is 30.5 Å². The van der Waals surface area contributed by atoms with Crippen molar-refractivity contribution in [1.82, 2.24) is 9.13 Å². The number of benzene rings is 2. The Morgan fingerprint density at radius 2 is 1.69 bits per heavy atom. The second-order valence-corrected chi connectivity index (χ2v) is 6.78. The molecular formula is C22H26N2O2. The van der Waals surface area contributed by atoms with Gasteiger partial charge in [-0.25, -0.2) is 4.79 Å². The molecule has 0 spiro atoms. The molecule has 0 saturated heterocycles. The Hall–Kier alpha value is -2.75. The number of hydrogen-bond acceptors (Lipinski definition) is 2. The van der Waals surface area contributed by atoms with E-state index in [1.807, 2.05) is 19.1 Å². The standard InChI is InChI=1S/C22H26N2O2/c1-6-18-7-9-19(10-8-18)26-12-11-23-20-13-16(4)17(5)14-21(20)24(15(2)3)22(23)25/h7-10,13-14H,2,6,11-12H2,1,3-5H3. The molecule has 0 amide bonds. The molecule has 2 aromatic carbocycles. The van der Waals surface area contributed by atoms with Crippen molar-refractivity contribution in [3.05, 3.63) is 70.2 Å². The van der Waals surface area contributed by atoms with Gasteiger partial charge in [0.15, 0.2) is 0 Å². The van der Waals surface area contributed by atoms with Gasteiger partial charge in [0.2, 0.25) is 0 Å². The summed E-state index contributed by atoms with van der Waals surface area (Å²) in [6.45, 7) is 13.0. The zero-order chi connectivity index (χ0) is 18.8. The molecule has 1 heterocycles. The van der Waals surface area contributed by atoms with Crippen LogP contribution in [-0.2, 0) is 13.0 Å². The van der Waals surface area contributed by atoms with Crippen LogP contribution in [0.3, 0.4) is 0 Å². The van der Waals surface area contributed by atoms with E-state index in [1.165, 1.54) is 11.1 Å². The number of nitrogens with zero attached hydrogens (tertiary/aromatic N) is 2. The molecule has 0 fully saturated rings. The summed E-state index contributed by atoms with van der Waals surface area (Å²) in [5.41, 5.74) is 6.09. The number of allylic oxidation sites excluding steroid dienone is 1. The quantitative estimate of drug-likeness (QED) is 0.654. The molecular weight excluding hydrogens is 324 g/mol. The van der Waals surface area contributed by atoms with E-state index in [1.54, 1.807) is 9.13 Å². The lowest BCUT2D eigenvalue weighted by molar-refractivity contribution is 0.298. The third kappa shape index (κ3) is 3.32. The molecule has 0 bridgehead atoms. The Morgan fingerprint density at radius 1 is 1.08 bits per heavy atom. The lowest BCUT2D eigenvalue weighted by Gasteiger charge is -2.08. The van der Waals surface area contributed by atoms with E-state index in [-0.39, 0.29) is 5.69 Å². The molecule has 0 saturated carbocycles. The SMILES string of the molecule is C=C(C)n1c(=O)n(CCOc2ccc(CC)cc2)c2cc(C)c(C)cc21. The maximum atomic E-state index is 12.9. The van der Waals surface area contributed by atoms with Crippen LogP contribution in [0.5, 0.6) is 5.75 Å². The van der Waals surface area contributed by atoms with Gasteiger partial charge in [-0.05, 0) is 68.1 Å². The van der Waals surface area contributed by atoms with Crippen molar-refractivity contribution in [2.24, 2.45) is 0 Å². The minimum atomic E-state index is -0.0672. The number of ether oxygens (including phenoxy) is 1. The molecule has 3 rings (SSSR count). The number of rotatable bonds is 6. The summed E-state index contributed by atoms with van der Waals surface area (Å²) in [5, 5.41) is 0. The van der Waals surface area contributed by atoms with Crippen LogP contribution < -0.4 is 10.4 Å². The van der Waals surface area contributed by atoms with Gasteiger partial charge in [0.25, 0.3) is 0 Å². The van der Waals surface area contributed by atoms with Crippen molar-refractivity contribution in [3.8, 4) is 5.75 Å². The first kappa shape index (κ1) is 18.1. The smallest absolute Gasteiger partial charge is 0.333 e. The highest BCUT2D eigenvalue weighted by Gasteiger charge is 2.15. The molecule has 4 heteroatoms. The summed E-state index contributed by atoms with van der Waals surface area (Å²) < 4.78 is 9.30. The van der Waals surface area contributed by atoms with Gasteiger partial charge in [0.1, 0.15) is 12.4 Å². The molecule has 0 aliphatic carbocycles. The first-order valence-corrected chi connectivity index (χ1v) is 9.02. The first-order chi connectivity index (χ1) is 12.4. The van der Waals surface area contributed by atoms with Crippen LogP contribution in [0.25, 0.3) is 16.7 Å². The molecule has 0 aliphatic rings. The van der Waals surface area contributed by atoms with Gasteiger partial charge in [-0.1, -0.05) is 25.6 Å². The van der Waals surface area contributed by atoms with Crippen molar-refractivity contribution in [2.75, 3.05) is 6.61 Å². The third-order valence-electron chi connectivity index (χ3n) is 4.84. The van der Waals surface area contributed by atoms with E-state index in [0.717, 1.165) is 34.5 Å². The number of hydrogen-bond donors (Lipinski definition) is 0. The number of imidazole rings is 1. The summed E-state index contributed by atoms with van der Waals surface area (Å²) in [6, 6.07) is 12.2. The van der Waals surface area contributed by atoms with Gasteiger partial charge in [-0.15, -0.1) is 0 Å². The van der Waals surface area contributed by atoms with E-state index in [0.29, 0.717) is 13.2 Å². The van der Waals surface area contributed by atoms with Crippen LogP contribution in [-0.4, -0.2) is 15.7 Å². The van der Waals surface area contributed by atoms with Crippen molar-refractivity contribution in [1.29, 1.82) is 0 Å². The number of aromatic nitrogens is 2. The number of fused-ring (bicyclic) bond motifs is 1. The number of aryl methyl sites for hydroxylation is 3. The lowest BCUT2D eigenvalue weighted by atomic mass is 10.1. The third-order valence-corrected chi connectivity index (χ3v) is 4.84. The Kier molecular flexibility index (Phi) is 5.03. The highest BCUT2D eigenvalue weighted by atomic mass is 16.5. The molecule has 0 atom stereocenters. The van der Waals surface area contributed by atoms with Gasteiger partial charge in [-0.3, -0.25) is 9.13 Å². The molecule has 1 aromatic heterocycles. The lowest BCUT2D eigenvalue weighted by Crippen LogP contribution is -2.25. The van der Waals surface area contributed by atoms with Crippen LogP contribution in [0.2, 0.25) is 0 Å². The average Bonchev–Trinajstić information content (AvgIpc) is 2.87. The molecule has 0 aliphatic heterocycles. The predicted octanol–water partition coefficient (Wildman–Crippen LogP) is 4.55. The van der Waals surface area contributed by atoms with Crippen LogP contribution in [0.15, 0.2) is 47.8 Å². The molecule has 4 nitrogen and oxygen atoms in total. The minimum Gasteiger partial charge on any atom is -0.492 e. The second kappa shape index (κ2) is 7.24. The zero-order valence-corrected chi connectivity index (χ0v) is 16.0. The second-order valence-electron chi connectivity index (χ2n) is 6.78. The van der Waals surface area contributed by atoms with Crippen molar-refractivity contribution >= 4 is 16.7 Å². The summed E-state index contributed by atoms with van der Waals surface area (Å²) >= 11 is 0. The van der Waals surface area contributed by atoms with E-state index < -0.39 is 0 Å². The molecule has 136 valence electrons. The first-order valence-electron chi connectivity index (χ1n) is 9.02. The topological polar surface area (TPSA) is 36.2 Å². The van der Waals surface area contributed by atoms with Gasteiger partial charge < -0.3 is 4.74 Å². The fourth-order valence-corrected chi connectivity index (χ4v) is 3.17. The maximum Gasteiger partial charge on any atom is 0.333 e. The monoisotopic (exact) mass is 350 g/mol. The zero-order valence-electron chi connectivity index (χ0n) is 16.0. The van der Waals surface area contributed by atoms with Crippen LogP contribution in [0, 0.1) is 13.8 Å². The summed E-state index contributed by atoms with van der Waals surface area (Å²) in [5.74, 6) is 0.825. The van der Waals surface area contributed by atoms with Gasteiger partial charge in [0.05, 0.1) is 17.6 Å². The predicted molar refractivity (Wildman–Crippen MR) is 108 cm³/mol. The van der Waals surface area contributed by atoms with E-state index in [9.17, 15) is 4.79 Å². The maximum absolute atomic E-state index is 12.9. The van der Waals surface area contributed by atoms with Crippen molar-refractivity contribution < 1.29 is 4.74 Å². The van der Waals surface area contributed by atoms with Crippen molar-refractivity contribution in [2.45, 2.75) is 40.7 Å². The fourth-order valence-electron chi connectivity index (χ4n) is 3.17. The van der Waals surface area contributed by atoms with Gasteiger partial charge >= 0.3 is 5.69 Å². The highest BCUT2D eigenvalue weighted by molar-refractivity contribution is 5.81. The van der Waals surface area contributed by atoms with E-state index in [2.05, 4.69) is 51.6 Å². The Morgan fingerprint density at radius 3 is 2.27 bits per heavy atom. The molecule has 26 heavy (non-hydrogen) atoms. The average molecular weight is 350 g/mol. The summed E-state index contributed by atoms with van der Waals surface area (Å²) in [4.78, 5) is 12.9. The van der Waals surface area contributed by atoms with Gasteiger partial charge in [0, 0.05) is 5.70 Å². The fraction of sp³-hybridized carbons (Fsp3) is 0.318. The van der Waals surface area contributed by atoms with Crippen molar-refractivity contribution in [3.63, 3.8) is 0 Å². The minimum absolute atomic E-state index is 0.0672. The summed E-state index contributed by atoms with van der Waals surface area (Å²) in [6.07, 6.45) is 1.01. The summed E-state index contributed by atoms with van der Waals surface area (Å²) in [7, 11) is 0. The van der Waals surface area contributed by atoms with E-state index in [4.69, 9.17) is 4.74 Å². The van der Waals surface area contributed by atoms with Gasteiger partial charge in [-0.2, -0.15) is 0 Å². The Balaban J connectivity index is 1.89. The van der Waals surface area contributed by atoms with Crippen LogP contribution >= 0.6 is 0 Å². The molecule has 0 N–H and O–H groups in total. The molecule has 0 radical (unpaired) electrons.